The molecule has 24 heavy (non-hydrogen) atoms. The summed E-state index contributed by atoms with van der Waals surface area (Å²) >= 11 is 0. The monoisotopic (exact) mass is 342 g/mol. The van der Waals surface area contributed by atoms with E-state index in [0.29, 0.717) is 24.9 Å². The first-order valence-corrected chi connectivity index (χ1v) is 8.88. The minimum Gasteiger partial charge on any atom is -0.444 e. The van der Waals surface area contributed by atoms with Gasteiger partial charge in [0.25, 0.3) is 0 Å². The van der Waals surface area contributed by atoms with Gasteiger partial charge in [0.15, 0.2) is 0 Å². The lowest BCUT2D eigenvalue weighted by atomic mass is 9.81. The topological polar surface area (TPSA) is 76.7 Å². The Hall–Kier alpha value is -1.46. The molecule has 0 aromatic rings. The van der Waals surface area contributed by atoms with E-state index >= 15 is 0 Å². The maximum absolute atomic E-state index is 11.7. The van der Waals surface area contributed by atoms with Crippen molar-refractivity contribution in [1.82, 2.24) is 10.6 Å². The van der Waals surface area contributed by atoms with Gasteiger partial charge in [0.1, 0.15) is 11.2 Å². The Balaban J connectivity index is 2.29. The molecule has 1 aliphatic rings. The first-order valence-electron chi connectivity index (χ1n) is 8.88. The van der Waals surface area contributed by atoms with E-state index in [1.54, 1.807) is 0 Å². The molecule has 6 nitrogen and oxygen atoms in total. The van der Waals surface area contributed by atoms with Crippen LogP contribution in [-0.4, -0.2) is 36.5 Å². The minimum atomic E-state index is -0.476. The summed E-state index contributed by atoms with van der Waals surface area (Å²) < 4.78 is 10.5. The Bertz CT molecular complexity index is 386. The van der Waals surface area contributed by atoms with Crippen LogP contribution in [0.15, 0.2) is 0 Å². The fourth-order valence-corrected chi connectivity index (χ4v) is 2.86. The van der Waals surface area contributed by atoms with Crippen LogP contribution in [-0.2, 0) is 9.47 Å². The molecule has 1 saturated carbocycles. The van der Waals surface area contributed by atoms with Crippen LogP contribution in [0.25, 0.3) is 0 Å². The van der Waals surface area contributed by atoms with Crippen molar-refractivity contribution in [3.63, 3.8) is 0 Å². The molecule has 2 unspecified atom stereocenters. The molecule has 0 heterocycles. The predicted octanol–water partition coefficient (Wildman–Crippen LogP) is 3.84. The second kappa shape index (κ2) is 8.58. The van der Waals surface area contributed by atoms with Gasteiger partial charge in [-0.3, -0.25) is 0 Å². The van der Waals surface area contributed by atoms with E-state index in [0.717, 1.165) is 25.7 Å². The first kappa shape index (κ1) is 20.6. The van der Waals surface area contributed by atoms with Crippen LogP contribution in [0.3, 0.4) is 0 Å². The van der Waals surface area contributed by atoms with E-state index < -0.39 is 11.2 Å². The highest BCUT2D eigenvalue weighted by molar-refractivity contribution is 5.68. The zero-order chi connectivity index (χ0) is 18.4. The molecule has 0 saturated heterocycles. The standard InChI is InChI=1S/C18H34N2O4/c1-17(2,3)23-15(21)19-11-13-8-7-9-14(10-13)12-20-16(22)24-18(4,5)6/h13-14H,7-12H2,1-6H3,(H,19,21)(H,20,22). The molecular formula is C18H34N2O4. The molecule has 1 rings (SSSR count). The summed E-state index contributed by atoms with van der Waals surface area (Å²) in [5.74, 6) is 0.855. The van der Waals surface area contributed by atoms with Crippen molar-refractivity contribution >= 4 is 12.2 Å². The second-order valence-electron chi connectivity index (χ2n) is 8.66. The van der Waals surface area contributed by atoms with Crippen LogP contribution in [0.2, 0.25) is 0 Å². The zero-order valence-corrected chi connectivity index (χ0v) is 16.0. The Kier molecular flexibility index (Phi) is 7.36. The van der Waals surface area contributed by atoms with Gasteiger partial charge in [-0.05, 0) is 72.6 Å². The summed E-state index contributed by atoms with van der Waals surface area (Å²) in [6.45, 7) is 12.4. The average molecular weight is 342 g/mol. The molecule has 0 bridgehead atoms. The van der Waals surface area contributed by atoms with E-state index in [1.807, 2.05) is 41.5 Å². The largest absolute Gasteiger partial charge is 0.444 e. The number of alkyl carbamates (subject to hydrolysis) is 2. The summed E-state index contributed by atoms with van der Waals surface area (Å²) in [6, 6.07) is 0. The molecule has 0 aromatic heterocycles. The Morgan fingerprint density at radius 2 is 1.21 bits per heavy atom. The molecule has 2 N–H and O–H groups in total. The smallest absolute Gasteiger partial charge is 0.407 e. The minimum absolute atomic E-state index is 0.364. The lowest BCUT2D eigenvalue weighted by molar-refractivity contribution is 0.0509. The summed E-state index contributed by atoms with van der Waals surface area (Å²) in [5, 5.41) is 5.70. The van der Waals surface area contributed by atoms with Crippen LogP contribution in [0.5, 0.6) is 0 Å². The summed E-state index contributed by atoms with van der Waals surface area (Å²) in [7, 11) is 0. The fourth-order valence-electron chi connectivity index (χ4n) is 2.86. The van der Waals surface area contributed by atoms with E-state index in [1.165, 1.54) is 0 Å². The lowest BCUT2D eigenvalue weighted by Crippen LogP contribution is -2.39. The molecule has 0 spiro atoms. The van der Waals surface area contributed by atoms with Gasteiger partial charge < -0.3 is 20.1 Å². The molecule has 0 radical (unpaired) electrons. The Morgan fingerprint density at radius 1 is 0.833 bits per heavy atom. The van der Waals surface area contributed by atoms with Gasteiger partial charge in [0.2, 0.25) is 0 Å². The van der Waals surface area contributed by atoms with E-state index in [4.69, 9.17) is 9.47 Å². The van der Waals surface area contributed by atoms with Crippen LogP contribution < -0.4 is 10.6 Å². The quantitative estimate of drug-likeness (QED) is 0.814. The lowest BCUT2D eigenvalue weighted by Gasteiger charge is -2.30. The maximum Gasteiger partial charge on any atom is 0.407 e. The number of ether oxygens (including phenoxy) is 2. The third kappa shape index (κ3) is 9.63. The number of carbonyl (C=O) groups is 2. The van der Waals surface area contributed by atoms with Crippen molar-refractivity contribution in [2.24, 2.45) is 11.8 Å². The van der Waals surface area contributed by atoms with Gasteiger partial charge in [-0.25, -0.2) is 9.59 Å². The van der Waals surface area contributed by atoms with Crippen molar-refractivity contribution in [1.29, 1.82) is 0 Å². The highest BCUT2D eigenvalue weighted by atomic mass is 16.6. The van der Waals surface area contributed by atoms with Gasteiger partial charge in [0, 0.05) is 13.1 Å². The molecule has 1 aliphatic carbocycles. The second-order valence-corrected chi connectivity index (χ2v) is 8.66. The van der Waals surface area contributed by atoms with Crippen LogP contribution in [0.1, 0.15) is 67.2 Å². The van der Waals surface area contributed by atoms with Gasteiger partial charge in [0.05, 0.1) is 0 Å². The normalized spacial score (nSPS) is 21.8. The van der Waals surface area contributed by atoms with Gasteiger partial charge in [-0.1, -0.05) is 6.42 Å². The van der Waals surface area contributed by atoms with Gasteiger partial charge in [-0.2, -0.15) is 0 Å². The third-order valence-electron chi connectivity index (χ3n) is 3.76. The first-order chi connectivity index (χ1) is 10.9. The highest BCUT2D eigenvalue weighted by Crippen LogP contribution is 2.28. The number of rotatable bonds is 4. The highest BCUT2D eigenvalue weighted by Gasteiger charge is 2.24. The van der Waals surface area contributed by atoms with Crippen molar-refractivity contribution < 1.29 is 19.1 Å². The Labute approximate surface area is 146 Å². The number of carbonyl (C=O) groups excluding carboxylic acids is 2. The van der Waals surface area contributed by atoms with Crippen molar-refractivity contribution in [3.05, 3.63) is 0 Å². The molecular weight excluding hydrogens is 308 g/mol. The number of nitrogens with one attached hydrogen (secondary N) is 2. The summed E-state index contributed by atoms with van der Waals surface area (Å²) in [5.41, 5.74) is -0.951. The van der Waals surface area contributed by atoms with Crippen molar-refractivity contribution in [2.45, 2.75) is 78.4 Å². The van der Waals surface area contributed by atoms with Crippen molar-refractivity contribution in [3.8, 4) is 0 Å². The average Bonchev–Trinajstić information content (AvgIpc) is 2.40. The maximum atomic E-state index is 11.7. The number of amides is 2. The molecule has 0 aromatic carbocycles. The van der Waals surface area contributed by atoms with E-state index in [-0.39, 0.29) is 12.2 Å². The predicted molar refractivity (Wildman–Crippen MR) is 93.9 cm³/mol. The zero-order valence-electron chi connectivity index (χ0n) is 16.0. The van der Waals surface area contributed by atoms with E-state index in [9.17, 15) is 9.59 Å². The molecule has 0 aliphatic heterocycles. The molecule has 2 atom stereocenters. The number of hydrogen-bond donors (Lipinski definition) is 2. The van der Waals surface area contributed by atoms with E-state index in [2.05, 4.69) is 10.6 Å². The fraction of sp³-hybridized carbons (Fsp3) is 0.889. The molecule has 6 heteroatoms. The Morgan fingerprint density at radius 3 is 1.54 bits per heavy atom. The van der Waals surface area contributed by atoms with Crippen LogP contribution in [0, 0.1) is 11.8 Å². The summed E-state index contributed by atoms with van der Waals surface area (Å²) in [4.78, 5) is 23.4. The summed E-state index contributed by atoms with van der Waals surface area (Å²) in [6.07, 6.45) is 3.57. The van der Waals surface area contributed by atoms with Crippen molar-refractivity contribution in [2.75, 3.05) is 13.1 Å². The van der Waals surface area contributed by atoms with Crippen LogP contribution in [0.4, 0.5) is 9.59 Å². The molecule has 2 amide bonds. The SMILES string of the molecule is CC(C)(C)OC(=O)NCC1CCCC(CNC(=O)OC(C)(C)C)C1. The van der Waals surface area contributed by atoms with Gasteiger partial charge >= 0.3 is 12.2 Å². The third-order valence-corrected chi connectivity index (χ3v) is 3.76. The molecule has 140 valence electrons. The van der Waals surface area contributed by atoms with Crippen LogP contribution >= 0.6 is 0 Å². The molecule has 1 fully saturated rings. The number of hydrogen-bond acceptors (Lipinski definition) is 4. The van der Waals surface area contributed by atoms with Gasteiger partial charge in [-0.15, -0.1) is 0 Å².